The Kier molecular flexibility index (Phi) is 8.75. The van der Waals surface area contributed by atoms with Gasteiger partial charge >= 0.3 is 0 Å². The molecule has 0 aromatic heterocycles. The van der Waals surface area contributed by atoms with Crippen LogP contribution in [0.2, 0.25) is 10.0 Å². The zero-order valence-electron chi connectivity index (χ0n) is 20.8. The Hall–Kier alpha value is -2.64. The summed E-state index contributed by atoms with van der Waals surface area (Å²) < 4.78 is 25.9. The van der Waals surface area contributed by atoms with E-state index in [2.05, 4.69) is 10.2 Å². The van der Waals surface area contributed by atoms with E-state index in [0.717, 1.165) is 16.7 Å². The Balaban J connectivity index is 1.46. The Morgan fingerprint density at radius 2 is 1.51 bits per heavy atom. The minimum Gasteiger partial charge on any atom is -0.352 e. The Bertz CT molecular complexity index is 1330. The van der Waals surface area contributed by atoms with Crippen LogP contribution in [0.25, 0.3) is 0 Å². The zero-order chi connectivity index (χ0) is 26.6. The first-order valence-electron chi connectivity index (χ1n) is 12.1. The van der Waals surface area contributed by atoms with Crippen LogP contribution < -0.4 is 5.32 Å². The highest BCUT2D eigenvalue weighted by atomic mass is 35.5. The predicted molar refractivity (Wildman–Crippen MR) is 151 cm³/mol. The molecule has 1 fully saturated rings. The number of likely N-dealkylation sites (tertiary alicyclic amines) is 1. The molecule has 1 heterocycles. The first-order chi connectivity index (χ1) is 17.6. The van der Waals surface area contributed by atoms with E-state index in [9.17, 15) is 13.2 Å². The van der Waals surface area contributed by atoms with Crippen molar-refractivity contribution in [1.29, 1.82) is 0 Å². The maximum Gasteiger partial charge on any atom is 0.251 e. The fourth-order valence-electron chi connectivity index (χ4n) is 4.37. The van der Waals surface area contributed by atoms with Crippen LogP contribution in [0, 0.1) is 5.92 Å². The normalized spacial score (nSPS) is 14.1. The van der Waals surface area contributed by atoms with E-state index in [1.54, 1.807) is 24.3 Å². The van der Waals surface area contributed by atoms with Crippen LogP contribution in [0.4, 0.5) is 0 Å². The standard InChI is InChI=1S/C29H30Cl2N2O3S/c1-20(2)15-32-29(34)25-5-3-4-21(14-25)18-37(35,36)19-22-16-33(17-22)28(23-6-10-26(30)11-7-23)24-8-12-27(31)13-9-24/h3-14,19-20,28H,15-18H2,1-2H3,(H,32,34). The predicted octanol–water partition coefficient (Wildman–Crippen LogP) is 6.28. The number of rotatable bonds is 9. The van der Waals surface area contributed by atoms with Crippen molar-refractivity contribution in [2.24, 2.45) is 5.92 Å². The van der Waals surface area contributed by atoms with Gasteiger partial charge in [0.2, 0.25) is 0 Å². The molecule has 0 saturated carbocycles. The Morgan fingerprint density at radius 3 is 2.05 bits per heavy atom. The van der Waals surface area contributed by atoms with Gasteiger partial charge in [-0.15, -0.1) is 0 Å². The average molecular weight is 558 g/mol. The van der Waals surface area contributed by atoms with Crippen molar-refractivity contribution < 1.29 is 13.2 Å². The number of hydrogen-bond donors (Lipinski definition) is 1. The van der Waals surface area contributed by atoms with Crippen molar-refractivity contribution >= 4 is 38.9 Å². The molecule has 0 atom stereocenters. The van der Waals surface area contributed by atoms with E-state index in [4.69, 9.17) is 23.2 Å². The maximum atomic E-state index is 13.0. The quantitative estimate of drug-likeness (QED) is 0.336. The summed E-state index contributed by atoms with van der Waals surface area (Å²) in [6, 6.07) is 22.2. The SMILES string of the molecule is CC(C)CNC(=O)c1cccc(CS(=O)(=O)C=C2CN(C(c3ccc(Cl)cc3)c3ccc(Cl)cc3)C2)c1. The topological polar surface area (TPSA) is 66.5 Å². The van der Waals surface area contributed by atoms with Crippen LogP contribution in [0.3, 0.4) is 0 Å². The third kappa shape index (κ3) is 7.45. The second-order valence-corrected chi connectivity index (χ2v) is 12.5. The van der Waals surface area contributed by atoms with E-state index < -0.39 is 9.84 Å². The molecular formula is C29H30Cl2N2O3S. The van der Waals surface area contributed by atoms with Crippen LogP contribution in [0.1, 0.15) is 46.9 Å². The smallest absolute Gasteiger partial charge is 0.251 e. The molecule has 0 radical (unpaired) electrons. The van der Waals surface area contributed by atoms with E-state index in [-0.39, 0.29) is 17.7 Å². The summed E-state index contributed by atoms with van der Waals surface area (Å²) in [5, 5.41) is 5.58. The zero-order valence-corrected chi connectivity index (χ0v) is 23.2. The van der Waals surface area contributed by atoms with Crippen molar-refractivity contribution in [3.05, 3.63) is 116 Å². The summed E-state index contributed by atoms with van der Waals surface area (Å²) in [6.07, 6.45) is 0. The number of nitrogens with one attached hydrogen (secondary N) is 1. The largest absolute Gasteiger partial charge is 0.352 e. The van der Waals surface area contributed by atoms with E-state index in [1.165, 1.54) is 5.41 Å². The molecule has 1 aliphatic rings. The molecular weight excluding hydrogens is 527 g/mol. The minimum atomic E-state index is -3.51. The second kappa shape index (κ2) is 11.8. The lowest BCUT2D eigenvalue weighted by Gasteiger charge is -2.41. The Labute approximate surface area is 229 Å². The summed E-state index contributed by atoms with van der Waals surface area (Å²) in [7, 11) is -3.51. The van der Waals surface area contributed by atoms with Gasteiger partial charge in [0.05, 0.1) is 11.8 Å². The van der Waals surface area contributed by atoms with Crippen LogP contribution >= 0.6 is 23.2 Å². The first kappa shape index (κ1) is 27.4. The third-order valence-electron chi connectivity index (χ3n) is 6.12. The molecule has 0 aliphatic carbocycles. The van der Waals surface area contributed by atoms with Crippen LogP contribution in [0.15, 0.2) is 83.8 Å². The average Bonchev–Trinajstić information content (AvgIpc) is 2.83. The summed E-state index contributed by atoms with van der Waals surface area (Å²) >= 11 is 12.2. The lowest BCUT2D eigenvalue weighted by atomic mass is 9.93. The molecule has 1 aliphatic heterocycles. The highest BCUT2D eigenvalue weighted by Crippen LogP contribution is 2.35. The molecule has 5 nitrogen and oxygen atoms in total. The number of nitrogens with zero attached hydrogens (tertiary/aromatic N) is 1. The first-order valence-corrected chi connectivity index (χ1v) is 14.6. The number of carbonyl (C=O) groups is 1. The summed E-state index contributed by atoms with van der Waals surface area (Å²) in [6.45, 7) is 5.67. The molecule has 1 amide bonds. The summed E-state index contributed by atoms with van der Waals surface area (Å²) in [5.74, 6) is -0.0175. The van der Waals surface area contributed by atoms with Crippen LogP contribution in [-0.2, 0) is 15.6 Å². The van der Waals surface area contributed by atoms with Gasteiger partial charge in [0, 0.05) is 40.7 Å². The molecule has 0 spiro atoms. The van der Waals surface area contributed by atoms with E-state index >= 15 is 0 Å². The van der Waals surface area contributed by atoms with Gasteiger partial charge in [-0.3, -0.25) is 9.69 Å². The van der Waals surface area contributed by atoms with Gasteiger partial charge < -0.3 is 5.32 Å². The van der Waals surface area contributed by atoms with Crippen LogP contribution in [0.5, 0.6) is 0 Å². The molecule has 3 aromatic carbocycles. The number of carbonyl (C=O) groups excluding carboxylic acids is 1. The van der Waals surface area contributed by atoms with Gasteiger partial charge in [-0.1, -0.05) is 73.4 Å². The lowest BCUT2D eigenvalue weighted by Crippen LogP contribution is -2.43. The number of hydrogen-bond acceptors (Lipinski definition) is 4. The second-order valence-electron chi connectivity index (χ2n) is 9.80. The van der Waals surface area contributed by atoms with Gasteiger partial charge in [-0.25, -0.2) is 8.42 Å². The number of amides is 1. The molecule has 0 bridgehead atoms. The maximum absolute atomic E-state index is 13.0. The van der Waals surface area contributed by atoms with Gasteiger partial charge in [0.15, 0.2) is 9.84 Å². The summed E-state index contributed by atoms with van der Waals surface area (Å²) in [5.41, 5.74) is 4.04. The molecule has 4 rings (SSSR count). The number of benzene rings is 3. The van der Waals surface area contributed by atoms with Gasteiger partial charge in [-0.05, 0) is 64.6 Å². The fourth-order valence-corrected chi connectivity index (χ4v) is 6.00. The van der Waals surface area contributed by atoms with E-state index in [0.29, 0.717) is 46.7 Å². The summed E-state index contributed by atoms with van der Waals surface area (Å²) in [4.78, 5) is 14.6. The number of halogens is 2. The van der Waals surface area contributed by atoms with Crippen LogP contribution in [-0.4, -0.2) is 38.9 Å². The fraction of sp³-hybridized carbons (Fsp3) is 0.276. The van der Waals surface area contributed by atoms with Gasteiger partial charge in [0.1, 0.15) is 0 Å². The number of sulfone groups is 1. The molecule has 37 heavy (non-hydrogen) atoms. The minimum absolute atomic E-state index is 0.0459. The van der Waals surface area contributed by atoms with Crippen molar-refractivity contribution in [3.8, 4) is 0 Å². The van der Waals surface area contributed by atoms with Gasteiger partial charge in [0.25, 0.3) is 5.91 Å². The van der Waals surface area contributed by atoms with Crippen molar-refractivity contribution in [3.63, 3.8) is 0 Å². The molecule has 3 aromatic rings. The molecule has 8 heteroatoms. The molecule has 1 saturated heterocycles. The molecule has 194 valence electrons. The molecule has 1 N–H and O–H groups in total. The molecule has 0 unspecified atom stereocenters. The van der Waals surface area contributed by atoms with E-state index in [1.807, 2.05) is 62.4 Å². The van der Waals surface area contributed by atoms with Crippen molar-refractivity contribution in [2.45, 2.75) is 25.6 Å². The lowest BCUT2D eigenvalue weighted by molar-refractivity contribution is 0.0949. The van der Waals surface area contributed by atoms with Crippen molar-refractivity contribution in [1.82, 2.24) is 10.2 Å². The van der Waals surface area contributed by atoms with Crippen molar-refractivity contribution in [2.75, 3.05) is 19.6 Å². The monoisotopic (exact) mass is 556 g/mol. The highest BCUT2D eigenvalue weighted by molar-refractivity contribution is 7.93. The highest BCUT2D eigenvalue weighted by Gasteiger charge is 2.31. The Morgan fingerprint density at radius 1 is 0.946 bits per heavy atom. The van der Waals surface area contributed by atoms with Gasteiger partial charge in [-0.2, -0.15) is 0 Å². The third-order valence-corrected chi connectivity index (χ3v) is 8.06.